The van der Waals surface area contributed by atoms with E-state index in [1.165, 1.54) is 6.07 Å². The fraction of sp³-hybridized carbons (Fsp3) is 0.538. The molecule has 18 heavy (non-hydrogen) atoms. The first-order valence-electron chi connectivity index (χ1n) is 6.24. The Morgan fingerprint density at radius 3 is 2.94 bits per heavy atom. The van der Waals surface area contributed by atoms with Crippen LogP contribution in [-0.2, 0) is 16.3 Å². The Morgan fingerprint density at radius 2 is 2.22 bits per heavy atom. The summed E-state index contributed by atoms with van der Waals surface area (Å²) in [6.45, 7) is 2.11. The van der Waals surface area contributed by atoms with Crippen LogP contribution in [0.2, 0.25) is 0 Å². The van der Waals surface area contributed by atoms with Crippen molar-refractivity contribution in [1.82, 2.24) is 5.32 Å². The molecule has 0 fully saturated rings. The van der Waals surface area contributed by atoms with Gasteiger partial charge >= 0.3 is 0 Å². The smallest absolute Gasteiger partial charge is 0.151 e. The second kappa shape index (κ2) is 5.36. The van der Waals surface area contributed by atoms with E-state index in [9.17, 15) is 12.8 Å². The predicted octanol–water partition coefficient (Wildman–Crippen LogP) is 1.84. The third-order valence-corrected chi connectivity index (χ3v) is 5.13. The Morgan fingerprint density at radius 1 is 1.44 bits per heavy atom. The molecule has 1 unspecified atom stereocenters. The van der Waals surface area contributed by atoms with Crippen LogP contribution in [0.3, 0.4) is 0 Å². The zero-order valence-corrected chi connectivity index (χ0v) is 11.3. The molecule has 1 atom stereocenters. The molecule has 0 saturated heterocycles. The van der Waals surface area contributed by atoms with Crippen LogP contribution >= 0.6 is 0 Å². The molecule has 100 valence electrons. The van der Waals surface area contributed by atoms with E-state index in [0.717, 1.165) is 24.0 Å². The van der Waals surface area contributed by atoms with Crippen molar-refractivity contribution in [1.29, 1.82) is 0 Å². The van der Waals surface area contributed by atoms with Crippen LogP contribution in [0.15, 0.2) is 18.2 Å². The van der Waals surface area contributed by atoms with E-state index in [2.05, 4.69) is 5.32 Å². The van der Waals surface area contributed by atoms with Gasteiger partial charge in [-0.05, 0) is 36.1 Å². The number of sulfone groups is 1. The standard InChI is InChI=1S/C13H18FNO2S/c1-2-18(16,17)8-7-15-13-6-3-10-9-11(14)4-5-12(10)13/h4-5,9,13,15H,2-3,6-8H2,1H3. The number of halogens is 1. The quantitative estimate of drug-likeness (QED) is 0.889. The average molecular weight is 271 g/mol. The highest BCUT2D eigenvalue weighted by atomic mass is 32.2. The van der Waals surface area contributed by atoms with Gasteiger partial charge in [-0.1, -0.05) is 13.0 Å². The highest BCUT2D eigenvalue weighted by Gasteiger charge is 2.22. The van der Waals surface area contributed by atoms with Crippen molar-refractivity contribution < 1.29 is 12.8 Å². The van der Waals surface area contributed by atoms with Gasteiger partial charge in [-0.15, -0.1) is 0 Å². The van der Waals surface area contributed by atoms with Crippen molar-refractivity contribution in [2.75, 3.05) is 18.1 Å². The molecule has 1 N–H and O–H groups in total. The molecule has 3 nitrogen and oxygen atoms in total. The van der Waals surface area contributed by atoms with Gasteiger partial charge in [0.15, 0.2) is 9.84 Å². The number of fused-ring (bicyclic) bond motifs is 1. The van der Waals surface area contributed by atoms with Gasteiger partial charge in [0.1, 0.15) is 5.82 Å². The fourth-order valence-corrected chi connectivity index (χ4v) is 3.05. The van der Waals surface area contributed by atoms with E-state index in [4.69, 9.17) is 0 Å². The molecule has 1 aromatic rings. The molecule has 1 aliphatic carbocycles. The van der Waals surface area contributed by atoms with Crippen LogP contribution in [0.5, 0.6) is 0 Å². The molecule has 0 aromatic heterocycles. The molecule has 5 heteroatoms. The summed E-state index contributed by atoms with van der Waals surface area (Å²) in [5, 5.41) is 3.25. The lowest BCUT2D eigenvalue weighted by molar-refractivity contribution is 0.541. The van der Waals surface area contributed by atoms with Gasteiger partial charge in [0.05, 0.1) is 5.75 Å². The van der Waals surface area contributed by atoms with E-state index in [1.807, 2.05) is 0 Å². The third-order valence-electron chi connectivity index (χ3n) is 3.43. The number of benzene rings is 1. The molecular weight excluding hydrogens is 253 g/mol. The molecule has 0 spiro atoms. The molecule has 0 aliphatic heterocycles. The maximum absolute atomic E-state index is 13.0. The molecule has 0 radical (unpaired) electrons. The molecule has 0 saturated carbocycles. The first kappa shape index (κ1) is 13.5. The van der Waals surface area contributed by atoms with Crippen molar-refractivity contribution in [2.45, 2.75) is 25.8 Å². The minimum atomic E-state index is -2.92. The maximum atomic E-state index is 13.0. The summed E-state index contributed by atoms with van der Waals surface area (Å²) in [4.78, 5) is 0. The molecule has 0 bridgehead atoms. The predicted molar refractivity (Wildman–Crippen MR) is 69.8 cm³/mol. The minimum absolute atomic E-state index is 0.160. The Hall–Kier alpha value is -0.940. The second-order valence-corrected chi connectivity index (χ2v) is 7.10. The highest BCUT2D eigenvalue weighted by Crippen LogP contribution is 2.31. The van der Waals surface area contributed by atoms with E-state index in [0.29, 0.717) is 6.54 Å². The molecule has 1 aliphatic rings. The molecule has 1 aromatic carbocycles. The first-order chi connectivity index (χ1) is 8.52. The monoisotopic (exact) mass is 271 g/mol. The zero-order valence-electron chi connectivity index (χ0n) is 10.4. The van der Waals surface area contributed by atoms with Crippen LogP contribution in [0, 0.1) is 5.82 Å². The van der Waals surface area contributed by atoms with E-state index in [1.54, 1.807) is 19.1 Å². The summed E-state index contributed by atoms with van der Waals surface area (Å²) < 4.78 is 35.8. The van der Waals surface area contributed by atoms with Crippen LogP contribution in [0.4, 0.5) is 4.39 Å². The summed E-state index contributed by atoms with van der Waals surface area (Å²) >= 11 is 0. The van der Waals surface area contributed by atoms with Crippen LogP contribution < -0.4 is 5.32 Å². The van der Waals surface area contributed by atoms with Crippen LogP contribution in [0.25, 0.3) is 0 Å². The fourth-order valence-electron chi connectivity index (χ4n) is 2.33. The Labute approximate surface area is 107 Å². The largest absolute Gasteiger partial charge is 0.309 e. The minimum Gasteiger partial charge on any atom is -0.309 e. The number of aryl methyl sites for hydroxylation is 1. The van der Waals surface area contributed by atoms with Gasteiger partial charge in [0.25, 0.3) is 0 Å². The van der Waals surface area contributed by atoms with Gasteiger partial charge in [0, 0.05) is 18.3 Å². The van der Waals surface area contributed by atoms with Crippen LogP contribution in [0.1, 0.15) is 30.5 Å². The maximum Gasteiger partial charge on any atom is 0.151 e. The third kappa shape index (κ3) is 3.09. The van der Waals surface area contributed by atoms with Gasteiger partial charge in [-0.2, -0.15) is 0 Å². The Balaban J connectivity index is 1.94. The summed E-state index contributed by atoms with van der Waals surface area (Å²) in [5.41, 5.74) is 2.14. The summed E-state index contributed by atoms with van der Waals surface area (Å²) in [6.07, 6.45) is 1.76. The van der Waals surface area contributed by atoms with E-state index < -0.39 is 9.84 Å². The van der Waals surface area contributed by atoms with E-state index >= 15 is 0 Å². The second-order valence-electron chi connectivity index (χ2n) is 4.62. The van der Waals surface area contributed by atoms with E-state index in [-0.39, 0.29) is 23.4 Å². The summed E-state index contributed by atoms with van der Waals surface area (Å²) in [6, 6.07) is 4.98. The van der Waals surface area contributed by atoms with Crippen molar-refractivity contribution in [3.63, 3.8) is 0 Å². The first-order valence-corrected chi connectivity index (χ1v) is 8.06. The van der Waals surface area contributed by atoms with Gasteiger partial charge in [-0.25, -0.2) is 12.8 Å². The van der Waals surface area contributed by atoms with Gasteiger partial charge in [-0.3, -0.25) is 0 Å². The number of hydrogen-bond donors (Lipinski definition) is 1. The highest BCUT2D eigenvalue weighted by molar-refractivity contribution is 7.91. The SMILES string of the molecule is CCS(=O)(=O)CCNC1CCc2cc(F)ccc21. The number of rotatable bonds is 5. The summed E-state index contributed by atoms with van der Waals surface area (Å²) in [7, 11) is -2.92. The lowest BCUT2D eigenvalue weighted by Gasteiger charge is -2.13. The van der Waals surface area contributed by atoms with Gasteiger partial charge in [0.2, 0.25) is 0 Å². The number of hydrogen-bond acceptors (Lipinski definition) is 3. The lowest BCUT2D eigenvalue weighted by atomic mass is 10.1. The average Bonchev–Trinajstić information content (AvgIpc) is 2.71. The normalized spacial score (nSPS) is 18.9. The number of nitrogens with one attached hydrogen (secondary N) is 1. The van der Waals surface area contributed by atoms with Crippen molar-refractivity contribution in [2.24, 2.45) is 0 Å². The van der Waals surface area contributed by atoms with Crippen molar-refractivity contribution in [3.05, 3.63) is 35.1 Å². The van der Waals surface area contributed by atoms with Crippen LogP contribution in [-0.4, -0.2) is 26.5 Å². The van der Waals surface area contributed by atoms with Crippen molar-refractivity contribution in [3.8, 4) is 0 Å². The van der Waals surface area contributed by atoms with Gasteiger partial charge < -0.3 is 5.32 Å². The Bertz CT molecular complexity index is 528. The molecular formula is C13H18FNO2S. The molecule has 2 rings (SSSR count). The van der Waals surface area contributed by atoms with Crippen molar-refractivity contribution >= 4 is 9.84 Å². The molecule has 0 amide bonds. The zero-order chi connectivity index (χ0) is 13.2. The molecule has 0 heterocycles. The lowest BCUT2D eigenvalue weighted by Crippen LogP contribution is -2.26. The Kier molecular flexibility index (Phi) is 4.02. The summed E-state index contributed by atoms with van der Waals surface area (Å²) in [5.74, 6) is 0.139. The topological polar surface area (TPSA) is 46.2 Å².